The Morgan fingerprint density at radius 2 is 1.88 bits per heavy atom. The molecule has 1 aromatic heterocycles. The number of pyridine rings is 1. The fraction of sp³-hybridized carbons (Fsp3) is 0.333. The van der Waals surface area contributed by atoms with Crippen LogP contribution in [-0.4, -0.2) is 36.9 Å². The molecule has 1 aliphatic heterocycles. The van der Waals surface area contributed by atoms with Crippen LogP contribution in [-0.2, 0) is 9.84 Å². The molecule has 2 N–H and O–H groups in total. The first-order valence-corrected chi connectivity index (χ1v) is 9.97. The van der Waals surface area contributed by atoms with E-state index in [1.807, 2.05) is 32.0 Å². The minimum atomic E-state index is -2.93. The molecule has 1 aliphatic rings. The molecule has 1 unspecified atom stereocenters. The van der Waals surface area contributed by atoms with Crippen LogP contribution in [0.3, 0.4) is 0 Å². The molecule has 132 valence electrons. The van der Waals surface area contributed by atoms with Gasteiger partial charge in [-0.25, -0.2) is 13.4 Å². The number of nitrogens with one attached hydrogen (secondary N) is 2. The highest BCUT2D eigenvalue weighted by Crippen LogP contribution is 2.21. The number of anilines is 2. The number of amides is 1. The van der Waals surface area contributed by atoms with E-state index in [9.17, 15) is 13.2 Å². The van der Waals surface area contributed by atoms with Crippen LogP contribution in [0.2, 0.25) is 0 Å². The SMILES string of the molecule is Cc1cccc(C)c1NC(=O)c1ccc(NC2CCS(=O)(=O)C2)cn1. The molecule has 0 spiro atoms. The average Bonchev–Trinajstić information content (AvgIpc) is 2.90. The van der Waals surface area contributed by atoms with Crippen LogP contribution < -0.4 is 10.6 Å². The predicted molar refractivity (Wildman–Crippen MR) is 98.8 cm³/mol. The molecule has 0 saturated carbocycles. The van der Waals surface area contributed by atoms with Crippen LogP contribution in [0.1, 0.15) is 28.0 Å². The van der Waals surface area contributed by atoms with Crippen molar-refractivity contribution in [1.82, 2.24) is 4.98 Å². The third-order valence-electron chi connectivity index (χ3n) is 4.32. The molecule has 2 aromatic rings. The molecule has 1 fully saturated rings. The van der Waals surface area contributed by atoms with Gasteiger partial charge in [-0.05, 0) is 43.5 Å². The van der Waals surface area contributed by atoms with Gasteiger partial charge in [0.05, 0.1) is 23.4 Å². The fourth-order valence-corrected chi connectivity index (χ4v) is 4.62. The molecule has 1 atom stereocenters. The Morgan fingerprint density at radius 1 is 1.16 bits per heavy atom. The number of para-hydroxylation sites is 1. The zero-order chi connectivity index (χ0) is 18.0. The Labute approximate surface area is 147 Å². The maximum absolute atomic E-state index is 12.4. The van der Waals surface area contributed by atoms with E-state index in [1.54, 1.807) is 18.3 Å². The Kier molecular flexibility index (Phi) is 4.76. The van der Waals surface area contributed by atoms with E-state index in [2.05, 4.69) is 15.6 Å². The molecule has 7 heteroatoms. The van der Waals surface area contributed by atoms with E-state index in [0.717, 1.165) is 16.8 Å². The predicted octanol–water partition coefficient (Wildman–Crippen LogP) is 2.55. The first kappa shape index (κ1) is 17.4. The van der Waals surface area contributed by atoms with Crippen LogP contribution in [0.25, 0.3) is 0 Å². The highest BCUT2D eigenvalue weighted by Gasteiger charge is 2.27. The zero-order valence-electron chi connectivity index (χ0n) is 14.2. The van der Waals surface area contributed by atoms with Crippen molar-refractivity contribution in [3.63, 3.8) is 0 Å². The van der Waals surface area contributed by atoms with Crippen LogP contribution >= 0.6 is 0 Å². The highest BCUT2D eigenvalue weighted by molar-refractivity contribution is 7.91. The number of carbonyl (C=O) groups is 1. The minimum absolute atomic E-state index is 0.0962. The van der Waals surface area contributed by atoms with E-state index in [-0.39, 0.29) is 23.5 Å². The third kappa shape index (κ3) is 4.17. The van der Waals surface area contributed by atoms with Crippen LogP contribution in [0.4, 0.5) is 11.4 Å². The molecule has 0 radical (unpaired) electrons. The third-order valence-corrected chi connectivity index (χ3v) is 6.09. The second-order valence-corrected chi connectivity index (χ2v) is 8.63. The van der Waals surface area contributed by atoms with Crippen LogP contribution in [0, 0.1) is 13.8 Å². The lowest BCUT2D eigenvalue weighted by atomic mass is 10.1. The van der Waals surface area contributed by atoms with Gasteiger partial charge in [-0.2, -0.15) is 0 Å². The lowest BCUT2D eigenvalue weighted by Crippen LogP contribution is -2.21. The molecule has 1 amide bonds. The standard InChI is InChI=1S/C18H21N3O3S/c1-12-4-3-5-13(2)17(12)21-18(22)16-7-6-14(10-19-16)20-15-8-9-25(23,24)11-15/h3-7,10,15,20H,8-9,11H2,1-2H3,(H,21,22). The summed E-state index contributed by atoms with van der Waals surface area (Å²) >= 11 is 0. The van der Waals surface area contributed by atoms with E-state index in [0.29, 0.717) is 17.8 Å². The van der Waals surface area contributed by atoms with Gasteiger partial charge in [-0.3, -0.25) is 4.79 Å². The molecule has 2 heterocycles. The fourth-order valence-electron chi connectivity index (χ4n) is 2.95. The van der Waals surface area contributed by atoms with Crippen LogP contribution in [0.15, 0.2) is 36.5 Å². The molecule has 1 saturated heterocycles. The number of aromatic nitrogens is 1. The molecular weight excluding hydrogens is 338 g/mol. The van der Waals surface area contributed by atoms with Gasteiger partial charge in [0.25, 0.3) is 5.91 Å². The molecular formula is C18H21N3O3S. The number of benzene rings is 1. The summed E-state index contributed by atoms with van der Waals surface area (Å²) in [5, 5.41) is 6.05. The lowest BCUT2D eigenvalue weighted by Gasteiger charge is -2.13. The van der Waals surface area contributed by atoms with Gasteiger partial charge in [0.15, 0.2) is 9.84 Å². The van der Waals surface area contributed by atoms with Crippen molar-refractivity contribution in [3.8, 4) is 0 Å². The largest absolute Gasteiger partial charge is 0.380 e. The highest BCUT2D eigenvalue weighted by atomic mass is 32.2. The lowest BCUT2D eigenvalue weighted by molar-refractivity contribution is 0.102. The molecule has 0 bridgehead atoms. The van der Waals surface area contributed by atoms with Gasteiger partial charge in [0, 0.05) is 11.7 Å². The van der Waals surface area contributed by atoms with Gasteiger partial charge < -0.3 is 10.6 Å². The summed E-state index contributed by atoms with van der Waals surface area (Å²) in [5.74, 6) is 0.0864. The number of sulfone groups is 1. The zero-order valence-corrected chi connectivity index (χ0v) is 15.1. The topological polar surface area (TPSA) is 88.2 Å². The number of aryl methyl sites for hydroxylation is 2. The van der Waals surface area contributed by atoms with Crippen molar-refractivity contribution in [2.24, 2.45) is 0 Å². The summed E-state index contributed by atoms with van der Waals surface area (Å²) in [6.45, 7) is 3.89. The Balaban J connectivity index is 1.67. The summed E-state index contributed by atoms with van der Waals surface area (Å²) in [6, 6.07) is 9.12. The van der Waals surface area contributed by atoms with E-state index in [1.165, 1.54) is 0 Å². The van der Waals surface area contributed by atoms with Crippen molar-refractivity contribution < 1.29 is 13.2 Å². The first-order valence-electron chi connectivity index (χ1n) is 8.15. The van der Waals surface area contributed by atoms with Crippen molar-refractivity contribution in [1.29, 1.82) is 0 Å². The van der Waals surface area contributed by atoms with E-state index >= 15 is 0 Å². The Morgan fingerprint density at radius 3 is 2.44 bits per heavy atom. The monoisotopic (exact) mass is 359 g/mol. The van der Waals surface area contributed by atoms with Crippen molar-refractivity contribution in [3.05, 3.63) is 53.3 Å². The maximum Gasteiger partial charge on any atom is 0.274 e. The number of hydrogen-bond acceptors (Lipinski definition) is 5. The molecule has 3 rings (SSSR count). The van der Waals surface area contributed by atoms with E-state index < -0.39 is 9.84 Å². The number of rotatable bonds is 4. The summed E-state index contributed by atoms with van der Waals surface area (Å²) in [6.07, 6.45) is 2.15. The van der Waals surface area contributed by atoms with Gasteiger partial charge in [0.1, 0.15) is 5.69 Å². The average molecular weight is 359 g/mol. The van der Waals surface area contributed by atoms with Crippen molar-refractivity contribution in [2.45, 2.75) is 26.3 Å². The Bertz CT molecular complexity index is 872. The van der Waals surface area contributed by atoms with Gasteiger partial charge in [0.2, 0.25) is 0 Å². The molecule has 6 nitrogen and oxygen atoms in total. The molecule has 25 heavy (non-hydrogen) atoms. The molecule has 0 aliphatic carbocycles. The second kappa shape index (κ2) is 6.84. The number of carbonyl (C=O) groups excluding carboxylic acids is 1. The van der Waals surface area contributed by atoms with Crippen LogP contribution in [0.5, 0.6) is 0 Å². The number of nitrogens with zero attached hydrogens (tertiary/aromatic N) is 1. The summed E-state index contributed by atoms with van der Waals surface area (Å²) in [5.41, 5.74) is 3.81. The Hall–Kier alpha value is -2.41. The summed E-state index contributed by atoms with van der Waals surface area (Å²) < 4.78 is 23.0. The van der Waals surface area contributed by atoms with Gasteiger partial charge in [-0.1, -0.05) is 18.2 Å². The quantitative estimate of drug-likeness (QED) is 0.876. The second-order valence-electron chi connectivity index (χ2n) is 6.40. The normalized spacial score (nSPS) is 18.7. The molecule has 1 aromatic carbocycles. The van der Waals surface area contributed by atoms with Crippen molar-refractivity contribution in [2.75, 3.05) is 22.1 Å². The van der Waals surface area contributed by atoms with Gasteiger partial charge in [-0.15, -0.1) is 0 Å². The van der Waals surface area contributed by atoms with Gasteiger partial charge >= 0.3 is 0 Å². The summed E-state index contributed by atoms with van der Waals surface area (Å²) in [7, 11) is -2.93. The van der Waals surface area contributed by atoms with E-state index in [4.69, 9.17) is 0 Å². The smallest absolute Gasteiger partial charge is 0.274 e. The number of hydrogen-bond donors (Lipinski definition) is 2. The first-order chi connectivity index (χ1) is 11.8. The van der Waals surface area contributed by atoms with Crippen molar-refractivity contribution >= 4 is 27.1 Å². The summed E-state index contributed by atoms with van der Waals surface area (Å²) in [4.78, 5) is 16.6. The minimum Gasteiger partial charge on any atom is -0.380 e. The maximum atomic E-state index is 12.4.